The van der Waals surface area contributed by atoms with E-state index in [9.17, 15) is 4.79 Å². The van der Waals surface area contributed by atoms with Crippen LogP contribution in [0.15, 0.2) is 0 Å². The number of rotatable bonds is 1. The van der Waals surface area contributed by atoms with E-state index in [0.29, 0.717) is 11.3 Å². The van der Waals surface area contributed by atoms with Crippen molar-refractivity contribution in [2.45, 2.75) is 52.6 Å². The second-order valence-electron chi connectivity index (χ2n) is 5.76. The van der Waals surface area contributed by atoms with Gasteiger partial charge in [0.15, 0.2) is 0 Å². The van der Waals surface area contributed by atoms with E-state index in [2.05, 4.69) is 20.8 Å². The zero-order valence-electron chi connectivity index (χ0n) is 9.59. The third-order valence-corrected chi connectivity index (χ3v) is 4.52. The summed E-state index contributed by atoms with van der Waals surface area (Å²) in [6, 6.07) is 0. The number of carbonyl (C=O) groups is 1. The van der Waals surface area contributed by atoms with Crippen LogP contribution in [0, 0.1) is 17.3 Å². The van der Waals surface area contributed by atoms with Crippen LogP contribution in [-0.2, 0) is 9.53 Å². The van der Waals surface area contributed by atoms with E-state index < -0.39 is 0 Å². The van der Waals surface area contributed by atoms with Crippen LogP contribution in [0.5, 0.6) is 0 Å². The van der Waals surface area contributed by atoms with Gasteiger partial charge in [0.1, 0.15) is 5.60 Å². The number of hydrogen-bond donors (Lipinski definition) is 0. The van der Waals surface area contributed by atoms with Crippen molar-refractivity contribution >= 4 is 5.97 Å². The highest BCUT2D eigenvalue weighted by molar-refractivity contribution is 5.66. The van der Waals surface area contributed by atoms with Crippen LogP contribution in [0.25, 0.3) is 0 Å². The number of carbonyl (C=O) groups excluding carboxylic acids is 1. The maximum absolute atomic E-state index is 11.1. The standard InChI is InChI=1S/C12H20O2/c1-8(13)14-12(4)7-9-5-6-10(12)11(9,2)3/h9-10H,5-7H2,1-4H3. The molecule has 0 aromatic heterocycles. The number of hydrogen-bond acceptors (Lipinski definition) is 2. The molecule has 2 aliphatic rings. The first-order chi connectivity index (χ1) is 6.36. The fraction of sp³-hybridized carbons (Fsp3) is 0.917. The summed E-state index contributed by atoms with van der Waals surface area (Å²) in [7, 11) is 0. The molecule has 3 atom stereocenters. The molecular formula is C12H20O2. The van der Waals surface area contributed by atoms with Gasteiger partial charge in [-0.15, -0.1) is 0 Å². The summed E-state index contributed by atoms with van der Waals surface area (Å²) in [6.45, 7) is 8.28. The molecule has 0 N–H and O–H groups in total. The van der Waals surface area contributed by atoms with Crippen LogP contribution < -0.4 is 0 Å². The maximum atomic E-state index is 11.1. The van der Waals surface area contributed by atoms with Crippen LogP contribution in [0.1, 0.15) is 47.0 Å². The second kappa shape index (κ2) is 2.74. The molecule has 3 unspecified atom stereocenters. The van der Waals surface area contributed by atoms with E-state index in [1.54, 1.807) is 0 Å². The summed E-state index contributed by atoms with van der Waals surface area (Å²) < 4.78 is 5.53. The van der Waals surface area contributed by atoms with Gasteiger partial charge in [-0.1, -0.05) is 13.8 Å². The Kier molecular flexibility index (Phi) is 1.96. The van der Waals surface area contributed by atoms with E-state index in [4.69, 9.17) is 4.74 Å². The fourth-order valence-electron chi connectivity index (χ4n) is 3.93. The molecule has 80 valence electrons. The van der Waals surface area contributed by atoms with Gasteiger partial charge in [-0.05, 0) is 37.5 Å². The number of ether oxygens (including phenoxy) is 1. The molecule has 0 heterocycles. The Bertz CT molecular complexity index is 269. The molecule has 2 heteroatoms. The Morgan fingerprint density at radius 3 is 2.29 bits per heavy atom. The van der Waals surface area contributed by atoms with E-state index in [0.717, 1.165) is 12.3 Å². The molecule has 14 heavy (non-hydrogen) atoms. The monoisotopic (exact) mass is 196 g/mol. The van der Waals surface area contributed by atoms with Gasteiger partial charge in [0.05, 0.1) is 0 Å². The van der Waals surface area contributed by atoms with Crippen molar-refractivity contribution in [3.63, 3.8) is 0 Å². The molecule has 0 amide bonds. The van der Waals surface area contributed by atoms with Crippen molar-refractivity contribution in [1.82, 2.24) is 0 Å². The zero-order valence-corrected chi connectivity index (χ0v) is 9.59. The Morgan fingerprint density at radius 1 is 1.29 bits per heavy atom. The lowest BCUT2D eigenvalue weighted by atomic mass is 9.79. The molecule has 2 fully saturated rings. The van der Waals surface area contributed by atoms with Gasteiger partial charge >= 0.3 is 5.97 Å². The summed E-state index contributed by atoms with van der Waals surface area (Å²) in [6.07, 6.45) is 3.60. The minimum Gasteiger partial charge on any atom is -0.459 e. The normalized spacial score (nSPS) is 44.0. The molecule has 2 aliphatic carbocycles. The molecule has 2 nitrogen and oxygen atoms in total. The van der Waals surface area contributed by atoms with Gasteiger partial charge in [-0.25, -0.2) is 0 Å². The minimum atomic E-state index is -0.182. The molecule has 2 saturated carbocycles. The number of fused-ring (bicyclic) bond motifs is 2. The Hall–Kier alpha value is -0.530. The summed E-state index contributed by atoms with van der Waals surface area (Å²) in [5.74, 6) is 1.18. The van der Waals surface area contributed by atoms with Crippen LogP contribution in [0.3, 0.4) is 0 Å². The SMILES string of the molecule is CC(=O)OC1(C)CC2CCC1C2(C)C. The Labute approximate surface area is 86.0 Å². The summed E-state index contributed by atoms with van der Waals surface area (Å²) in [5.41, 5.74) is 0.183. The third kappa shape index (κ3) is 1.19. The maximum Gasteiger partial charge on any atom is 0.303 e. The van der Waals surface area contributed by atoms with Crippen LogP contribution in [0.4, 0.5) is 0 Å². The summed E-state index contributed by atoms with van der Waals surface area (Å²) in [4.78, 5) is 11.1. The highest BCUT2D eigenvalue weighted by atomic mass is 16.6. The minimum absolute atomic E-state index is 0.129. The first kappa shape index (κ1) is 10.0. The van der Waals surface area contributed by atoms with Crippen LogP contribution in [0.2, 0.25) is 0 Å². The van der Waals surface area contributed by atoms with Crippen molar-refractivity contribution in [3.8, 4) is 0 Å². The largest absolute Gasteiger partial charge is 0.459 e. The molecule has 0 aromatic rings. The highest BCUT2D eigenvalue weighted by Gasteiger charge is 2.60. The van der Waals surface area contributed by atoms with Gasteiger partial charge in [0.25, 0.3) is 0 Å². The van der Waals surface area contributed by atoms with E-state index in [1.165, 1.54) is 19.8 Å². The van der Waals surface area contributed by atoms with Gasteiger partial charge in [0, 0.05) is 12.8 Å². The van der Waals surface area contributed by atoms with Crippen LogP contribution in [-0.4, -0.2) is 11.6 Å². The molecule has 2 rings (SSSR count). The van der Waals surface area contributed by atoms with E-state index >= 15 is 0 Å². The zero-order chi connectivity index (χ0) is 10.6. The van der Waals surface area contributed by atoms with Crippen LogP contribution >= 0.6 is 0 Å². The van der Waals surface area contributed by atoms with Crippen molar-refractivity contribution in [2.75, 3.05) is 0 Å². The van der Waals surface area contributed by atoms with Crippen molar-refractivity contribution < 1.29 is 9.53 Å². The fourth-order valence-corrected chi connectivity index (χ4v) is 3.93. The predicted molar refractivity (Wildman–Crippen MR) is 54.8 cm³/mol. The van der Waals surface area contributed by atoms with Crippen molar-refractivity contribution in [1.29, 1.82) is 0 Å². The second-order valence-corrected chi connectivity index (χ2v) is 5.76. The van der Waals surface area contributed by atoms with Gasteiger partial charge in [-0.2, -0.15) is 0 Å². The topological polar surface area (TPSA) is 26.3 Å². The molecule has 0 aromatic carbocycles. The first-order valence-electron chi connectivity index (χ1n) is 5.56. The quantitative estimate of drug-likeness (QED) is 0.603. The average Bonchev–Trinajstić information content (AvgIpc) is 2.34. The van der Waals surface area contributed by atoms with Gasteiger partial charge in [0.2, 0.25) is 0 Å². The summed E-state index contributed by atoms with van der Waals surface area (Å²) >= 11 is 0. The summed E-state index contributed by atoms with van der Waals surface area (Å²) in [5, 5.41) is 0. The molecular weight excluding hydrogens is 176 g/mol. The van der Waals surface area contributed by atoms with Gasteiger partial charge in [-0.3, -0.25) is 4.79 Å². The first-order valence-corrected chi connectivity index (χ1v) is 5.56. The smallest absolute Gasteiger partial charge is 0.303 e. The Morgan fingerprint density at radius 2 is 1.93 bits per heavy atom. The highest BCUT2D eigenvalue weighted by Crippen LogP contribution is 2.62. The Balaban J connectivity index is 2.22. The molecule has 0 saturated heterocycles. The number of esters is 1. The lowest BCUT2D eigenvalue weighted by Gasteiger charge is -2.35. The van der Waals surface area contributed by atoms with E-state index in [1.807, 2.05) is 0 Å². The molecule has 0 radical (unpaired) electrons. The van der Waals surface area contributed by atoms with Crippen molar-refractivity contribution in [3.05, 3.63) is 0 Å². The molecule has 2 bridgehead atoms. The third-order valence-electron chi connectivity index (χ3n) is 4.52. The van der Waals surface area contributed by atoms with Gasteiger partial charge < -0.3 is 4.74 Å². The van der Waals surface area contributed by atoms with Crippen molar-refractivity contribution in [2.24, 2.45) is 17.3 Å². The molecule has 0 spiro atoms. The average molecular weight is 196 g/mol. The van der Waals surface area contributed by atoms with E-state index in [-0.39, 0.29) is 11.6 Å². The lowest BCUT2D eigenvalue weighted by Crippen LogP contribution is -2.38. The predicted octanol–water partition coefficient (Wildman–Crippen LogP) is 2.76. The molecule has 0 aliphatic heterocycles. The lowest BCUT2D eigenvalue weighted by molar-refractivity contribution is -0.161.